The molecule has 3 rings (SSSR count). The van der Waals surface area contributed by atoms with Crippen LogP contribution in [0, 0.1) is 11.8 Å². The summed E-state index contributed by atoms with van der Waals surface area (Å²) in [5, 5.41) is 4.31. The highest BCUT2D eigenvalue weighted by Crippen LogP contribution is 2.36. The van der Waals surface area contributed by atoms with Crippen LogP contribution in [-0.4, -0.2) is 27.8 Å². The zero-order valence-corrected chi connectivity index (χ0v) is 18.3. The van der Waals surface area contributed by atoms with Crippen LogP contribution >= 0.6 is 23.1 Å². The fourth-order valence-electron chi connectivity index (χ4n) is 3.48. The van der Waals surface area contributed by atoms with Crippen molar-refractivity contribution in [2.45, 2.75) is 65.1 Å². The van der Waals surface area contributed by atoms with Crippen molar-refractivity contribution < 1.29 is 4.79 Å². The van der Waals surface area contributed by atoms with Crippen LogP contribution in [0.2, 0.25) is 0 Å². The summed E-state index contributed by atoms with van der Waals surface area (Å²) in [7, 11) is 0. The number of carbonyl (C=O) groups is 1. The molecule has 0 bridgehead atoms. The third-order valence-electron chi connectivity index (χ3n) is 5.02. The first-order valence-electron chi connectivity index (χ1n) is 9.85. The second kappa shape index (κ2) is 8.78. The van der Waals surface area contributed by atoms with Crippen molar-refractivity contribution in [1.29, 1.82) is 0 Å². The van der Waals surface area contributed by atoms with E-state index in [1.54, 1.807) is 15.9 Å². The number of rotatable bonds is 7. The molecule has 2 aromatic rings. The summed E-state index contributed by atoms with van der Waals surface area (Å²) in [4.78, 5) is 32.3. The normalized spacial score (nSPS) is 16.7. The Morgan fingerprint density at radius 3 is 2.93 bits per heavy atom. The fraction of sp³-hybridized carbons (Fsp3) is 0.650. The summed E-state index contributed by atoms with van der Waals surface area (Å²) in [6.07, 6.45) is 4.08. The zero-order chi connectivity index (χ0) is 19.6. The van der Waals surface area contributed by atoms with Crippen molar-refractivity contribution in [2.75, 3.05) is 12.3 Å². The molecule has 1 amide bonds. The van der Waals surface area contributed by atoms with Gasteiger partial charge in [0.2, 0.25) is 5.91 Å². The first-order valence-corrected chi connectivity index (χ1v) is 11.7. The molecule has 148 valence electrons. The molecule has 1 aliphatic carbocycles. The largest absolute Gasteiger partial charge is 0.356 e. The van der Waals surface area contributed by atoms with Crippen LogP contribution in [0.15, 0.2) is 9.95 Å². The Hall–Kier alpha value is -1.34. The van der Waals surface area contributed by atoms with Gasteiger partial charge in [0.15, 0.2) is 5.16 Å². The monoisotopic (exact) mass is 407 g/mol. The molecule has 0 unspecified atom stereocenters. The van der Waals surface area contributed by atoms with E-state index in [2.05, 4.69) is 26.1 Å². The van der Waals surface area contributed by atoms with Crippen molar-refractivity contribution >= 4 is 39.2 Å². The second-order valence-electron chi connectivity index (χ2n) is 7.81. The van der Waals surface area contributed by atoms with E-state index in [9.17, 15) is 9.59 Å². The third kappa shape index (κ3) is 4.57. The highest BCUT2D eigenvalue weighted by Gasteiger charge is 2.25. The molecule has 0 spiro atoms. The molecule has 0 aliphatic heterocycles. The van der Waals surface area contributed by atoms with Gasteiger partial charge >= 0.3 is 0 Å². The van der Waals surface area contributed by atoms with E-state index in [1.807, 2.05) is 6.92 Å². The first kappa shape index (κ1) is 20.4. The van der Waals surface area contributed by atoms with Crippen molar-refractivity contribution in [1.82, 2.24) is 14.9 Å². The quantitative estimate of drug-likeness (QED) is 0.559. The molecule has 1 N–H and O–H groups in total. The molecule has 2 heterocycles. The molecule has 0 radical (unpaired) electrons. The van der Waals surface area contributed by atoms with Gasteiger partial charge < -0.3 is 5.32 Å². The molecule has 0 saturated carbocycles. The lowest BCUT2D eigenvalue weighted by Gasteiger charge is -2.18. The number of hydrogen-bond donors (Lipinski definition) is 1. The molecule has 0 fully saturated rings. The third-order valence-corrected chi connectivity index (χ3v) is 7.14. The Morgan fingerprint density at radius 1 is 1.44 bits per heavy atom. The van der Waals surface area contributed by atoms with E-state index in [1.165, 1.54) is 22.2 Å². The number of fused-ring (bicyclic) bond motifs is 3. The van der Waals surface area contributed by atoms with Crippen LogP contribution in [0.25, 0.3) is 10.2 Å². The van der Waals surface area contributed by atoms with E-state index < -0.39 is 0 Å². The molecule has 2 aromatic heterocycles. The average Bonchev–Trinajstić information content (AvgIpc) is 2.96. The van der Waals surface area contributed by atoms with E-state index in [4.69, 9.17) is 4.98 Å². The highest BCUT2D eigenvalue weighted by molar-refractivity contribution is 7.99. The predicted octanol–water partition coefficient (Wildman–Crippen LogP) is 3.86. The Labute approximate surface area is 169 Å². The van der Waals surface area contributed by atoms with Crippen molar-refractivity contribution in [3.8, 4) is 0 Å². The van der Waals surface area contributed by atoms with Gasteiger partial charge in [0.1, 0.15) is 4.83 Å². The maximum absolute atomic E-state index is 13.4. The molecular weight excluding hydrogens is 378 g/mol. The van der Waals surface area contributed by atoms with Gasteiger partial charge in [-0.3, -0.25) is 14.2 Å². The zero-order valence-electron chi connectivity index (χ0n) is 16.6. The minimum Gasteiger partial charge on any atom is -0.356 e. The fourth-order valence-corrected chi connectivity index (χ4v) is 5.76. The van der Waals surface area contributed by atoms with Gasteiger partial charge in [0.05, 0.1) is 11.1 Å². The predicted molar refractivity (Wildman–Crippen MR) is 114 cm³/mol. The van der Waals surface area contributed by atoms with Gasteiger partial charge in [-0.25, -0.2) is 4.98 Å². The van der Waals surface area contributed by atoms with Gasteiger partial charge in [-0.2, -0.15) is 0 Å². The molecule has 1 atom stereocenters. The number of amides is 1. The number of nitrogens with one attached hydrogen (secondary N) is 1. The number of aromatic nitrogens is 2. The molecule has 5 nitrogen and oxygen atoms in total. The van der Waals surface area contributed by atoms with E-state index in [0.717, 1.165) is 35.9 Å². The highest BCUT2D eigenvalue weighted by atomic mass is 32.2. The number of thioether (sulfide) groups is 1. The van der Waals surface area contributed by atoms with Gasteiger partial charge in [-0.1, -0.05) is 32.5 Å². The first-order chi connectivity index (χ1) is 12.9. The van der Waals surface area contributed by atoms with E-state index >= 15 is 0 Å². The molecule has 1 aliphatic rings. The van der Waals surface area contributed by atoms with Crippen LogP contribution in [0.5, 0.6) is 0 Å². The lowest BCUT2D eigenvalue weighted by molar-refractivity contribution is -0.118. The summed E-state index contributed by atoms with van der Waals surface area (Å²) in [6.45, 7) is 9.76. The summed E-state index contributed by atoms with van der Waals surface area (Å²) in [5.41, 5.74) is 1.30. The maximum atomic E-state index is 13.4. The van der Waals surface area contributed by atoms with Crippen molar-refractivity contribution in [3.05, 3.63) is 20.8 Å². The Balaban J connectivity index is 2.02. The van der Waals surface area contributed by atoms with Crippen LogP contribution < -0.4 is 10.9 Å². The smallest absolute Gasteiger partial charge is 0.263 e. The van der Waals surface area contributed by atoms with Crippen molar-refractivity contribution in [3.63, 3.8) is 0 Å². The molecular formula is C20H29N3O2S2. The number of hydrogen-bond acceptors (Lipinski definition) is 5. The molecule has 27 heavy (non-hydrogen) atoms. The minimum atomic E-state index is -0.0217. The molecule has 0 aromatic carbocycles. The Morgan fingerprint density at radius 2 is 2.22 bits per heavy atom. The molecule has 0 saturated heterocycles. The summed E-state index contributed by atoms with van der Waals surface area (Å²) < 4.78 is 1.80. The lowest BCUT2D eigenvalue weighted by Crippen LogP contribution is -2.27. The Kier molecular flexibility index (Phi) is 6.63. The van der Waals surface area contributed by atoms with Crippen LogP contribution in [0.4, 0.5) is 0 Å². The minimum absolute atomic E-state index is 0.0217. The summed E-state index contributed by atoms with van der Waals surface area (Å²) in [6, 6.07) is 0. The lowest BCUT2D eigenvalue weighted by atomic mass is 9.89. The van der Waals surface area contributed by atoms with Crippen LogP contribution in [0.1, 0.15) is 51.0 Å². The van der Waals surface area contributed by atoms with Crippen LogP contribution in [-0.2, 0) is 24.2 Å². The van der Waals surface area contributed by atoms with Gasteiger partial charge in [0, 0.05) is 18.0 Å². The van der Waals surface area contributed by atoms with Gasteiger partial charge in [0.25, 0.3) is 5.56 Å². The SMILES string of the molecule is CCNC(=O)CSc1nc2sc3c(c2c(=O)n1CCC(C)C)CC[C@H](C)C3. The number of aryl methyl sites for hydroxylation is 1. The topological polar surface area (TPSA) is 64.0 Å². The van der Waals surface area contributed by atoms with Gasteiger partial charge in [-0.15, -0.1) is 11.3 Å². The standard InChI is InChI=1S/C20H29N3O2S2/c1-5-21-16(24)11-26-20-22-18-17(19(25)23(20)9-8-12(2)3)14-7-6-13(4)10-15(14)27-18/h12-13H,5-11H2,1-4H3,(H,21,24)/t13-/m0/s1. The van der Waals surface area contributed by atoms with E-state index in [0.29, 0.717) is 30.1 Å². The van der Waals surface area contributed by atoms with Crippen LogP contribution in [0.3, 0.4) is 0 Å². The average molecular weight is 408 g/mol. The van der Waals surface area contributed by atoms with Gasteiger partial charge in [-0.05, 0) is 50.0 Å². The molecule has 7 heteroatoms. The maximum Gasteiger partial charge on any atom is 0.263 e. The summed E-state index contributed by atoms with van der Waals surface area (Å²) >= 11 is 3.04. The van der Waals surface area contributed by atoms with E-state index in [-0.39, 0.29) is 17.2 Å². The number of thiophene rings is 1. The number of carbonyl (C=O) groups excluding carboxylic acids is 1. The second-order valence-corrected chi connectivity index (χ2v) is 9.83. The Bertz CT molecular complexity index is 885. The number of nitrogens with zero attached hydrogens (tertiary/aromatic N) is 2. The van der Waals surface area contributed by atoms with Crippen molar-refractivity contribution in [2.24, 2.45) is 11.8 Å². The summed E-state index contributed by atoms with van der Waals surface area (Å²) in [5.74, 6) is 1.44.